The molecule has 2 N–H and O–H groups in total. The van der Waals surface area contributed by atoms with Crippen molar-refractivity contribution in [3.05, 3.63) is 30.1 Å². The van der Waals surface area contributed by atoms with Crippen molar-refractivity contribution in [1.82, 2.24) is 9.97 Å². The molecular formula is C10H12N2O3S. The summed E-state index contributed by atoms with van der Waals surface area (Å²) >= 11 is 0. The van der Waals surface area contributed by atoms with E-state index in [0.717, 1.165) is 11.0 Å². The van der Waals surface area contributed by atoms with E-state index in [2.05, 4.69) is 9.97 Å². The van der Waals surface area contributed by atoms with Crippen LogP contribution in [-0.4, -0.2) is 28.7 Å². The Labute approximate surface area is 93.3 Å². The van der Waals surface area contributed by atoms with Gasteiger partial charge in [0.1, 0.15) is 5.82 Å². The van der Waals surface area contributed by atoms with Gasteiger partial charge in [-0.1, -0.05) is 19.1 Å². The maximum absolute atomic E-state index is 10.7. The minimum atomic E-state index is -3.97. The second-order valence-electron chi connectivity index (χ2n) is 3.79. The Kier molecular flexibility index (Phi) is 2.69. The zero-order chi connectivity index (χ0) is 11.8. The van der Waals surface area contributed by atoms with Gasteiger partial charge in [0.05, 0.1) is 16.8 Å². The van der Waals surface area contributed by atoms with Gasteiger partial charge >= 0.3 is 0 Å². The van der Waals surface area contributed by atoms with E-state index in [4.69, 9.17) is 4.55 Å². The predicted molar refractivity (Wildman–Crippen MR) is 60.9 cm³/mol. The summed E-state index contributed by atoms with van der Waals surface area (Å²) in [5, 5.41) is 0. The average molecular weight is 240 g/mol. The number of rotatable bonds is 3. The summed E-state index contributed by atoms with van der Waals surface area (Å²) in [6, 6.07) is 7.44. The topological polar surface area (TPSA) is 83.1 Å². The Morgan fingerprint density at radius 2 is 2.12 bits per heavy atom. The van der Waals surface area contributed by atoms with Crippen molar-refractivity contribution < 1.29 is 13.0 Å². The molecule has 1 aromatic heterocycles. The van der Waals surface area contributed by atoms with Crippen LogP contribution in [0.2, 0.25) is 0 Å². The van der Waals surface area contributed by atoms with E-state index in [1.807, 2.05) is 24.3 Å². The number of imidazole rings is 1. The summed E-state index contributed by atoms with van der Waals surface area (Å²) in [5.41, 5.74) is 1.65. The van der Waals surface area contributed by atoms with E-state index < -0.39 is 10.1 Å². The van der Waals surface area contributed by atoms with E-state index in [0.29, 0.717) is 5.82 Å². The van der Waals surface area contributed by atoms with Gasteiger partial charge in [0.2, 0.25) is 0 Å². The molecule has 5 nitrogen and oxygen atoms in total. The molecule has 0 amide bonds. The number of nitrogens with zero attached hydrogens (tertiary/aromatic N) is 1. The summed E-state index contributed by atoms with van der Waals surface area (Å²) in [4.78, 5) is 7.30. The number of fused-ring (bicyclic) bond motifs is 1. The number of nitrogens with one attached hydrogen (secondary N) is 1. The van der Waals surface area contributed by atoms with Crippen molar-refractivity contribution in [3.8, 4) is 0 Å². The van der Waals surface area contributed by atoms with Crippen molar-refractivity contribution >= 4 is 21.2 Å². The van der Waals surface area contributed by atoms with Crippen molar-refractivity contribution in [2.45, 2.75) is 12.8 Å². The lowest BCUT2D eigenvalue weighted by atomic mass is 10.2. The van der Waals surface area contributed by atoms with Crippen LogP contribution in [0.5, 0.6) is 0 Å². The van der Waals surface area contributed by atoms with Crippen LogP contribution in [0.25, 0.3) is 11.0 Å². The van der Waals surface area contributed by atoms with Gasteiger partial charge in [-0.25, -0.2) is 4.98 Å². The maximum atomic E-state index is 10.7. The largest absolute Gasteiger partial charge is 0.342 e. The van der Waals surface area contributed by atoms with E-state index >= 15 is 0 Å². The van der Waals surface area contributed by atoms with Gasteiger partial charge in [-0.2, -0.15) is 8.42 Å². The molecule has 1 atom stereocenters. The summed E-state index contributed by atoms with van der Waals surface area (Å²) < 4.78 is 30.2. The standard InChI is InChI=1S/C10H12N2O3S/c1-7(6-16(13,14)15)10-11-8-4-2-3-5-9(8)12-10/h2-5,7H,6H2,1H3,(H,11,12)(H,13,14,15). The second-order valence-corrected chi connectivity index (χ2v) is 5.29. The number of hydrogen-bond donors (Lipinski definition) is 2. The van der Waals surface area contributed by atoms with Crippen molar-refractivity contribution in [2.75, 3.05) is 5.75 Å². The Morgan fingerprint density at radius 3 is 2.75 bits per heavy atom. The lowest BCUT2D eigenvalue weighted by Crippen LogP contribution is -2.12. The molecule has 16 heavy (non-hydrogen) atoms. The third kappa shape index (κ3) is 2.40. The molecule has 0 radical (unpaired) electrons. The van der Waals surface area contributed by atoms with Crippen LogP contribution in [0.15, 0.2) is 24.3 Å². The monoisotopic (exact) mass is 240 g/mol. The lowest BCUT2D eigenvalue weighted by Gasteiger charge is -2.04. The number of aromatic amines is 1. The Morgan fingerprint density at radius 1 is 1.44 bits per heavy atom. The molecular weight excluding hydrogens is 228 g/mol. The van der Waals surface area contributed by atoms with Crippen LogP contribution < -0.4 is 0 Å². The van der Waals surface area contributed by atoms with Gasteiger partial charge in [0.25, 0.3) is 10.1 Å². The fourth-order valence-corrected chi connectivity index (χ4v) is 2.39. The highest BCUT2D eigenvalue weighted by Crippen LogP contribution is 2.18. The molecule has 1 unspecified atom stereocenters. The van der Waals surface area contributed by atoms with E-state index in [9.17, 15) is 8.42 Å². The Hall–Kier alpha value is -1.40. The molecule has 1 heterocycles. The van der Waals surface area contributed by atoms with Gasteiger partial charge in [-0.15, -0.1) is 0 Å². The number of aromatic nitrogens is 2. The highest BCUT2D eigenvalue weighted by Gasteiger charge is 2.17. The summed E-state index contributed by atoms with van der Waals surface area (Å²) in [5.74, 6) is -0.117. The molecule has 1 aromatic carbocycles. The maximum Gasteiger partial charge on any atom is 0.265 e. The first-order valence-corrected chi connectivity index (χ1v) is 6.46. The number of para-hydroxylation sites is 2. The first-order chi connectivity index (χ1) is 7.46. The summed E-state index contributed by atoms with van der Waals surface area (Å²) in [6.07, 6.45) is 0. The molecule has 0 bridgehead atoms. The van der Waals surface area contributed by atoms with E-state index in [-0.39, 0.29) is 11.7 Å². The second kappa shape index (κ2) is 3.88. The number of H-pyrrole nitrogens is 1. The average Bonchev–Trinajstić information content (AvgIpc) is 2.58. The minimum Gasteiger partial charge on any atom is -0.342 e. The van der Waals surface area contributed by atoms with Gasteiger partial charge in [-0.3, -0.25) is 4.55 Å². The molecule has 2 aromatic rings. The zero-order valence-corrected chi connectivity index (χ0v) is 9.53. The van der Waals surface area contributed by atoms with Gasteiger partial charge in [-0.05, 0) is 12.1 Å². The first-order valence-electron chi connectivity index (χ1n) is 4.85. The van der Waals surface area contributed by atoms with Gasteiger partial charge in [0.15, 0.2) is 0 Å². The highest BCUT2D eigenvalue weighted by molar-refractivity contribution is 7.85. The van der Waals surface area contributed by atoms with Crippen LogP contribution in [0, 0.1) is 0 Å². The molecule has 0 aliphatic carbocycles. The van der Waals surface area contributed by atoms with Crippen LogP contribution >= 0.6 is 0 Å². The van der Waals surface area contributed by atoms with Crippen LogP contribution in [0.3, 0.4) is 0 Å². The van der Waals surface area contributed by atoms with Crippen LogP contribution in [-0.2, 0) is 10.1 Å². The summed E-state index contributed by atoms with van der Waals surface area (Å²) in [7, 11) is -3.97. The molecule has 0 saturated carbocycles. The lowest BCUT2D eigenvalue weighted by molar-refractivity contribution is 0.478. The quantitative estimate of drug-likeness (QED) is 0.797. The fraction of sp³-hybridized carbons (Fsp3) is 0.300. The Balaban J connectivity index is 2.33. The third-order valence-corrected chi connectivity index (χ3v) is 3.26. The van der Waals surface area contributed by atoms with Crippen LogP contribution in [0.4, 0.5) is 0 Å². The minimum absolute atomic E-state index is 0.327. The molecule has 2 rings (SSSR count). The molecule has 0 saturated heterocycles. The predicted octanol–water partition coefficient (Wildman–Crippen LogP) is 1.55. The Bertz CT molecular complexity index is 570. The van der Waals surface area contributed by atoms with Crippen LogP contribution in [0.1, 0.15) is 18.7 Å². The normalized spacial score (nSPS) is 14.1. The zero-order valence-electron chi connectivity index (χ0n) is 8.71. The third-order valence-electron chi connectivity index (χ3n) is 2.34. The molecule has 86 valence electrons. The molecule has 0 aliphatic rings. The number of benzene rings is 1. The molecule has 0 fully saturated rings. The van der Waals surface area contributed by atoms with E-state index in [1.165, 1.54) is 0 Å². The molecule has 0 aliphatic heterocycles. The van der Waals surface area contributed by atoms with Crippen molar-refractivity contribution in [2.24, 2.45) is 0 Å². The van der Waals surface area contributed by atoms with E-state index in [1.54, 1.807) is 6.92 Å². The smallest absolute Gasteiger partial charge is 0.265 e. The molecule has 6 heteroatoms. The first kappa shape index (κ1) is 11.1. The van der Waals surface area contributed by atoms with Gasteiger partial charge in [0, 0.05) is 5.92 Å². The fourth-order valence-electron chi connectivity index (χ4n) is 1.60. The molecule has 0 spiro atoms. The van der Waals surface area contributed by atoms with Crippen molar-refractivity contribution in [1.29, 1.82) is 0 Å². The number of hydrogen-bond acceptors (Lipinski definition) is 3. The summed E-state index contributed by atoms with van der Waals surface area (Å²) in [6.45, 7) is 1.70. The van der Waals surface area contributed by atoms with Gasteiger partial charge < -0.3 is 4.98 Å². The SMILES string of the molecule is CC(CS(=O)(=O)O)c1nc2ccccc2[nH]1. The van der Waals surface area contributed by atoms with Crippen molar-refractivity contribution in [3.63, 3.8) is 0 Å². The highest BCUT2D eigenvalue weighted by atomic mass is 32.2.